The van der Waals surface area contributed by atoms with Gasteiger partial charge in [0.15, 0.2) is 0 Å². The summed E-state index contributed by atoms with van der Waals surface area (Å²) in [7, 11) is 0. The van der Waals surface area contributed by atoms with E-state index in [1.807, 2.05) is 0 Å². The van der Waals surface area contributed by atoms with Gasteiger partial charge in [-0.3, -0.25) is 24.1 Å². The molecule has 9 heteroatoms. The fourth-order valence-corrected chi connectivity index (χ4v) is 3.90. The number of imide groups is 1. The van der Waals surface area contributed by atoms with Gasteiger partial charge in [-0.15, -0.1) is 0 Å². The second kappa shape index (κ2) is 7.90. The summed E-state index contributed by atoms with van der Waals surface area (Å²) in [5, 5.41) is 0. The zero-order valence-electron chi connectivity index (χ0n) is 16.7. The number of carbonyl (C=O) groups excluding carboxylic acids is 4. The van der Waals surface area contributed by atoms with Crippen LogP contribution in [-0.4, -0.2) is 70.5 Å². The zero-order chi connectivity index (χ0) is 22.3. The number of halogens is 2. The van der Waals surface area contributed by atoms with Crippen LogP contribution in [0.25, 0.3) is 0 Å². The molecule has 0 aromatic heterocycles. The molecule has 7 nitrogen and oxygen atoms in total. The molecule has 1 atom stereocenters. The number of rotatable bonds is 3. The van der Waals surface area contributed by atoms with Crippen LogP contribution in [0.5, 0.6) is 0 Å². The van der Waals surface area contributed by atoms with E-state index in [2.05, 4.69) is 0 Å². The first-order valence-electron chi connectivity index (χ1n) is 9.79. The molecule has 2 aromatic carbocycles. The first-order chi connectivity index (χ1) is 14.8. The van der Waals surface area contributed by atoms with Crippen molar-refractivity contribution in [3.8, 4) is 0 Å². The van der Waals surface area contributed by atoms with Gasteiger partial charge in [-0.05, 0) is 31.2 Å². The number of hydrogen-bond donors (Lipinski definition) is 0. The van der Waals surface area contributed by atoms with E-state index in [0.29, 0.717) is 6.07 Å². The van der Waals surface area contributed by atoms with Crippen molar-refractivity contribution in [3.05, 3.63) is 70.8 Å². The van der Waals surface area contributed by atoms with Gasteiger partial charge < -0.3 is 9.80 Å². The normalized spacial score (nSPS) is 17.1. The molecule has 1 unspecified atom stereocenters. The Morgan fingerprint density at radius 3 is 1.97 bits per heavy atom. The Bertz CT molecular complexity index is 1060. The molecule has 2 heterocycles. The molecule has 0 N–H and O–H groups in total. The van der Waals surface area contributed by atoms with Gasteiger partial charge in [0.25, 0.3) is 17.7 Å². The summed E-state index contributed by atoms with van der Waals surface area (Å²) in [5.74, 6) is -3.73. The molecule has 0 aliphatic carbocycles. The quantitative estimate of drug-likeness (QED) is 0.702. The molecule has 160 valence electrons. The molecule has 0 radical (unpaired) electrons. The van der Waals surface area contributed by atoms with Gasteiger partial charge >= 0.3 is 0 Å². The Hall–Kier alpha value is -3.62. The maximum Gasteiger partial charge on any atom is 0.262 e. The average Bonchev–Trinajstić information content (AvgIpc) is 3.03. The van der Waals surface area contributed by atoms with Crippen molar-refractivity contribution in [2.45, 2.75) is 13.0 Å². The third kappa shape index (κ3) is 3.56. The fourth-order valence-electron chi connectivity index (χ4n) is 3.90. The van der Waals surface area contributed by atoms with Crippen molar-refractivity contribution in [2.24, 2.45) is 0 Å². The molecule has 2 aliphatic heterocycles. The minimum atomic E-state index is -0.996. The lowest BCUT2D eigenvalue weighted by Gasteiger charge is -2.37. The Morgan fingerprint density at radius 2 is 1.42 bits per heavy atom. The summed E-state index contributed by atoms with van der Waals surface area (Å²) in [4.78, 5) is 54.5. The van der Waals surface area contributed by atoms with Crippen LogP contribution in [0.4, 0.5) is 8.78 Å². The van der Waals surface area contributed by atoms with E-state index in [-0.39, 0.29) is 42.9 Å². The van der Waals surface area contributed by atoms with E-state index in [1.165, 1.54) is 16.7 Å². The molecular formula is C22H19F2N3O4. The molecule has 2 aromatic rings. The van der Waals surface area contributed by atoms with Gasteiger partial charge in [0.05, 0.1) is 16.7 Å². The number of hydrogen-bond acceptors (Lipinski definition) is 4. The van der Waals surface area contributed by atoms with Gasteiger partial charge in [-0.2, -0.15) is 0 Å². The lowest BCUT2D eigenvalue weighted by Crippen LogP contribution is -2.56. The predicted octanol–water partition coefficient (Wildman–Crippen LogP) is 1.93. The van der Waals surface area contributed by atoms with Gasteiger partial charge in [0, 0.05) is 32.2 Å². The molecule has 1 fully saturated rings. The molecule has 0 bridgehead atoms. The number of fused-ring (bicyclic) bond motifs is 1. The summed E-state index contributed by atoms with van der Waals surface area (Å²) in [6, 6.07) is 8.16. The summed E-state index contributed by atoms with van der Waals surface area (Å²) >= 11 is 0. The lowest BCUT2D eigenvalue weighted by molar-refractivity contribution is -0.136. The number of benzene rings is 2. The monoisotopic (exact) mass is 427 g/mol. The predicted molar refractivity (Wildman–Crippen MR) is 105 cm³/mol. The summed E-state index contributed by atoms with van der Waals surface area (Å²) < 4.78 is 27.0. The van der Waals surface area contributed by atoms with E-state index in [1.54, 1.807) is 24.3 Å². The summed E-state index contributed by atoms with van der Waals surface area (Å²) in [6.07, 6.45) is 0. The van der Waals surface area contributed by atoms with Crippen LogP contribution in [0.15, 0.2) is 42.5 Å². The Balaban J connectivity index is 1.41. The average molecular weight is 427 g/mol. The van der Waals surface area contributed by atoms with Crippen LogP contribution in [0.1, 0.15) is 38.0 Å². The Morgan fingerprint density at radius 1 is 0.871 bits per heavy atom. The molecule has 0 spiro atoms. The minimum absolute atomic E-state index is 0.149. The van der Waals surface area contributed by atoms with Crippen LogP contribution in [0.2, 0.25) is 0 Å². The molecule has 2 aliphatic rings. The van der Waals surface area contributed by atoms with Crippen LogP contribution >= 0.6 is 0 Å². The van der Waals surface area contributed by atoms with Crippen LogP contribution < -0.4 is 0 Å². The maximum atomic E-state index is 13.9. The number of amides is 4. The second-order valence-corrected chi connectivity index (χ2v) is 7.44. The van der Waals surface area contributed by atoms with Crippen molar-refractivity contribution in [2.75, 3.05) is 26.2 Å². The fraction of sp³-hybridized carbons (Fsp3) is 0.273. The van der Waals surface area contributed by atoms with Crippen LogP contribution in [0, 0.1) is 11.6 Å². The van der Waals surface area contributed by atoms with Gasteiger partial charge in [0.2, 0.25) is 5.91 Å². The van der Waals surface area contributed by atoms with Gasteiger partial charge in [-0.1, -0.05) is 12.1 Å². The third-order valence-electron chi connectivity index (χ3n) is 5.61. The zero-order valence-corrected chi connectivity index (χ0v) is 16.7. The van der Waals surface area contributed by atoms with Crippen molar-refractivity contribution in [3.63, 3.8) is 0 Å². The van der Waals surface area contributed by atoms with Gasteiger partial charge in [-0.25, -0.2) is 8.78 Å². The molecule has 1 saturated heterocycles. The third-order valence-corrected chi connectivity index (χ3v) is 5.61. The highest BCUT2D eigenvalue weighted by Crippen LogP contribution is 2.25. The first kappa shape index (κ1) is 20.6. The number of piperazine rings is 1. The SMILES string of the molecule is CC(C(=O)N1CCN(C(=O)c2ccc(F)cc2F)CC1)N1C(=O)c2ccccc2C1=O. The van der Waals surface area contributed by atoms with E-state index >= 15 is 0 Å². The Labute approximate surface area is 176 Å². The summed E-state index contributed by atoms with van der Waals surface area (Å²) in [5.41, 5.74) is 0.299. The second-order valence-electron chi connectivity index (χ2n) is 7.44. The number of nitrogens with zero attached hydrogens (tertiary/aromatic N) is 3. The van der Waals surface area contributed by atoms with Crippen LogP contribution in [-0.2, 0) is 4.79 Å². The summed E-state index contributed by atoms with van der Waals surface area (Å²) in [6.45, 7) is 2.13. The lowest BCUT2D eigenvalue weighted by atomic mass is 10.1. The highest BCUT2D eigenvalue weighted by atomic mass is 19.1. The molecule has 4 rings (SSSR count). The Kier molecular flexibility index (Phi) is 5.26. The first-order valence-corrected chi connectivity index (χ1v) is 9.79. The minimum Gasteiger partial charge on any atom is -0.337 e. The highest BCUT2D eigenvalue weighted by Gasteiger charge is 2.42. The van der Waals surface area contributed by atoms with E-state index in [4.69, 9.17) is 0 Å². The number of carbonyl (C=O) groups is 4. The van der Waals surface area contributed by atoms with Gasteiger partial charge in [0.1, 0.15) is 17.7 Å². The van der Waals surface area contributed by atoms with Crippen molar-refractivity contribution >= 4 is 23.6 Å². The largest absolute Gasteiger partial charge is 0.337 e. The molecule has 4 amide bonds. The molecular weight excluding hydrogens is 408 g/mol. The van der Waals surface area contributed by atoms with E-state index in [9.17, 15) is 28.0 Å². The molecule has 31 heavy (non-hydrogen) atoms. The van der Waals surface area contributed by atoms with E-state index < -0.39 is 41.3 Å². The van der Waals surface area contributed by atoms with Crippen molar-refractivity contribution in [1.29, 1.82) is 0 Å². The van der Waals surface area contributed by atoms with E-state index in [0.717, 1.165) is 17.0 Å². The van der Waals surface area contributed by atoms with Crippen molar-refractivity contribution < 1.29 is 28.0 Å². The maximum absolute atomic E-state index is 13.9. The van der Waals surface area contributed by atoms with Crippen molar-refractivity contribution in [1.82, 2.24) is 14.7 Å². The highest BCUT2D eigenvalue weighted by molar-refractivity contribution is 6.22. The molecule has 0 saturated carbocycles. The standard InChI is InChI=1S/C22H19F2N3O4/c1-13(27-21(30)15-4-2-3-5-16(15)22(27)31)19(28)25-8-10-26(11-9-25)20(29)17-7-6-14(23)12-18(17)24/h2-7,12-13H,8-11H2,1H3. The van der Waals surface area contributed by atoms with Crippen LogP contribution in [0.3, 0.4) is 0 Å². The topological polar surface area (TPSA) is 78.0 Å². The smallest absolute Gasteiger partial charge is 0.262 e.